The highest BCUT2D eigenvalue weighted by Gasteiger charge is 2.47. The van der Waals surface area contributed by atoms with Crippen LogP contribution in [0.2, 0.25) is 0 Å². The topological polar surface area (TPSA) is 79.8 Å². The number of methoxy groups -OCH3 is 1. The van der Waals surface area contributed by atoms with Crippen molar-refractivity contribution in [3.8, 4) is 16.3 Å². The zero-order valence-corrected chi connectivity index (χ0v) is 22.8. The Balaban J connectivity index is 1.41. The molecule has 0 N–H and O–H groups in total. The number of carbonyl (C=O) groups excluding carboxylic acids is 3. The number of anilines is 1. The van der Waals surface area contributed by atoms with Gasteiger partial charge in [-0.25, -0.2) is 9.88 Å². The van der Waals surface area contributed by atoms with Crippen LogP contribution in [0.4, 0.5) is 5.69 Å². The Hall–Kier alpha value is -4.04. The normalized spacial score (nSPS) is 15.8. The molecule has 1 fully saturated rings. The highest BCUT2D eigenvalue weighted by molar-refractivity contribution is 7.21. The molecule has 0 spiro atoms. The van der Waals surface area contributed by atoms with Crippen molar-refractivity contribution in [2.45, 2.75) is 45.7 Å². The van der Waals surface area contributed by atoms with Gasteiger partial charge in [-0.15, -0.1) is 11.3 Å². The Morgan fingerprint density at radius 3 is 2.34 bits per heavy atom. The third-order valence-corrected chi connectivity index (χ3v) is 7.70. The predicted molar refractivity (Wildman–Crippen MR) is 150 cm³/mol. The van der Waals surface area contributed by atoms with E-state index in [2.05, 4.69) is 13.0 Å². The summed E-state index contributed by atoms with van der Waals surface area (Å²) < 4.78 is 6.31. The molecule has 0 saturated carbocycles. The molecule has 0 radical (unpaired) electrons. The average molecular weight is 528 g/mol. The minimum atomic E-state index is -0.899. The number of amides is 3. The van der Waals surface area contributed by atoms with Gasteiger partial charge in [-0.3, -0.25) is 14.4 Å². The van der Waals surface area contributed by atoms with Crippen LogP contribution >= 0.6 is 11.3 Å². The molecular formula is C30H29N3O4S. The minimum Gasteiger partial charge on any atom is -0.497 e. The largest absolute Gasteiger partial charge is 0.497 e. The first-order chi connectivity index (χ1) is 18.1. The molecule has 0 aliphatic carbocycles. The Labute approximate surface area is 225 Å². The van der Waals surface area contributed by atoms with Gasteiger partial charge in [-0.2, -0.15) is 0 Å². The summed E-state index contributed by atoms with van der Waals surface area (Å²) in [5, 5.41) is 0.873. The number of aromatic nitrogens is 1. The van der Waals surface area contributed by atoms with E-state index >= 15 is 0 Å². The molecule has 1 aliphatic rings. The van der Waals surface area contributed by atoms with Crippen LogP contribution in [0.15, 0.2) is 66.7 Å². The molecule has 3 aromatic carbocycles. The van der Waals surface area contributed by atoms with Gasteiger partial charge >= 0.3 is 0 Å². The maximum Gasteiger partial charge on any atom is 0.257 e. The van der Waals surface area contributed by atoms with Crippen molar-refractivity contribution in [1.29, 1.82) is 0 Å². The number of thiazole rings is 1. The van der Waals surface area contributed by atoms with Gasteiger partial charge in [-0.05, 0) is 93.9 Å². The van der Waals surface area contributed by atoms with Crippen LogP contribution < -0.4 is 9.64 Å². The Morgan fingerprint density at radius 2 is 1.71 bits per heavy atom. The molecule has 5 rings (SSSR count). The van der Waals surface area contributed by atoms with E-state index in [1.807, 2.05) is 45.0 Å². The lowest BCUT2D eigenvalue weighted by molar-refractivity contribution is -0.123. The van der Waals surface area contributed by atoms with Gasteiger partial charge in [-0.1, -0.05) is 6.07 Å². The molecular weight excluding hydrogens is 498 g/mol. The zero-order valence-electron chi connectivity index (χ0n) is 22.0. The summed E-state index contributed by atoms with van der Waals surface area (Å²) in [6.07, 6.45) is -0.0725. The second kappa shape index (κ2) is 9.68. The van der Waals surface area contributed by atoms with Gasteiger partial charge < -0.3 is 9.64 Å². The van der Waals surface area contributed by atoms with Crippen molar-refractivity contribution in [3.05, 3.63) is 77.9 Å². The first-order valence-electron chi connectivity index (χ1n) is 12.4. The van der Waals surface area contributed by atoms with E-state index in [9.17, 15) is 14.4 Å². The van der Waals surface area contributed by atoms with Crippen LogP contribution in [-0.2, 0) is 9.59 Å². The van der Waals surface area contributed by atoms with Crippen LogP contribution in [-0.4, -0.2) is 46.3 Å². The number of benzene rings is 3. The van der Waals surface area contributed by atoms with Crippen molar-refractivity contribution in [2.75, 3.05) is 12.0 Å². The van der Waals surface area contributed by atoms with E-state index in [-0.39, 0.29) is 18.2 Å². The molecule has 8 heteroatoms. The first kappa shape index (κ1) is 25.6. The van der Waals surface area contributed by atoms with Crippen molar-refractivity contribution >= 4 is 45.0 Å². The van der Waals surface area contributed by atoms with Crippen molar-refractivity contribution < 1.29 is 19.1 Å². The molecule has 1 aliphatic heterocycles. The number of imide groups is 1. The van der Waals surface area contributed by atoms with Gasteiger partial charge in [0, 0.05) is 16.7 Å². The lowest BCUT2D eigenvalue weighted by Gasteiger charge is -2.39. The molecule has 38 heavy (non-hydrogen) atoms. The SMILES string of the molecule is COc1ccc(C(=O)N(C2CC(=O)N(c3ccc(-c4nc5ccc(C)cc5s4)cc3)C2=O)C(C)(C)C)cc1. The van der Waals surface area contributed by atoms with E-state index < -0.39 is 17.5 Å². The lowest BCUT2D eigenvalue weighted by atomic mass is 9.99. The van der Waals surface area contributed by atoms with Gasteiger partial charge in [0.25, 0.3) is 11.8 Å². The number of rotatable bonds is 5. The highest BCUT2D eigenvalue weighted by atomic mass is 32.1. The molecule has 1 atom stereocenters. The molecule has 4 aromatic rings. The third-order valence-electron chi connectivity index (χ3n) is 6.63. The number of nitrogens with zero attached hydrogens (tertiary/aromatic N) is 3. The first-order valence-corrected chi connectivity index (χ1v) is 13.2. The molecule has 7 nitrogen and oxygen atoms in total. The third kappa shape index (κ3) is 4.67. The summed E-state index contributed by atoms with van der Waals surface area (Å²) in [5.41, 5.74) is 3.25. The Bertz CT molecular complexity index is 1530. The van der Waals surface area contributed by atoms with Crippen molar-refractivity contribution in [1.82, 2.24) is 9.88 Å². The summed E-state index contributed by atoms with van der Waals surface area (Å²) >= 11 is 1.60. The fourth-order valence-corrected chi connectivity index (χ4v) is 5.85. The van der Waals surface area contributed by atoms with Gasteiger partial charge in [0.2, 0.25) is 5.91 Å². The summed E-state index contributed by atoms with van der Waals surface area (Å²) in [5.74, 6) is -0.420. The van der Waals surface area contributed by atoms with Crippen molar-refractivity contribution in [2.24, 2.45) is 0 Å². The van der Waals surface area contributed by atoms with E-state index in [4.69, 9.17) is 9.72 Å². The molecule has 1 saturated heterocycles. The predicted octanol–water partition coefficient (Wildman–Crippen LogP) is 5.85. The number of ether oxygens (including phenoxy) is 1. The van der Waals surface area contributed by atoms with Gasteiger partial charge in [0.05, 0.1) is 29.4 Å². The molecule has 194 valence electrons. The lowest BCUT2D eigenvalue weighted by Crippen LogP contribution is -2.54. The fraction of sp³-hybridized carbons (Fsp3) is 0.267. The number of hydrogen-bond donors (Lipinski definition) is 0. The molecule has 1 aromatic heterocycles. The molecule has 3 amide bonds. The average Bonchev–Trinajstić information content (AvgIpc) is 3.43. The van der Waals surface area contributed by atoms with Gasteiger partial charge in [0.15, 0.2) is 0 Å². The Morgan fingerprint density at radius 1 is 1.03 bits per heavy atom. The maximum atomic E-state index is 13.6. The number of aryl methyl sites for hydroxylation is 1. The summed E-state index contributed by atoms with van der Waals surface area (Å²) in [6, 6.07) is 19.3. The molecule has 1 unspecified atom stereocenters. The number of hydrogen-bond acceptors (Lipinski definition) is 6. The standard InChI is InChI=1S/C30H29N3O4S/c1-18-6-15-23-25(16-18)38-27(31-23)19-7-11-21(12-8-19)32-26(34)17-24(29(32)36)33(30(2,3)4)28(35)20-9-13-22(37-5)14-10-20/h6-16,24H,17H2,1-5H3. The summed E-state index contributed by atoms with van der Waals surface area (Å²) in [4.78, 5) is 47.7. The van der Waals surface area contributed by atoms with Crippen LogP contribution in [0.25, 0.3) is 20.8 Å². The van der Waals surface area contributed by atoms with E-state index in [0.29, 0.717) is 17.0 Å². The zero-order chi connectivity index (χ0) is 27.2. The summed E-state index contributed by atoms with van der Waals surface area (Å²) in [6.45, 7) is 7.64. The summed E-state index contributed by atoms with van der Waals surface area (Å²) in [7, 11) is 1.56. The van der Waals surface area contributed by atoms with Gasteiger partial charge in [0.1, 0.15) is 16.8 Å². The van der Waals surface area contributed by atoms with Crippen LogP contribution in [0.5, 0.6) is 5.75 Å². The smallest absolute Gasteiger partial charge is 0.257 e. The quantitative estimate of drug-likeness (QED) is 0.304. The second-order valence-corrected chi connectivity index (χ2v) is 11.4. The number of fused-ring (bicyclic) bond motifs is 1. The van der Waals surface area contributed by atoms with Crippen molar-refractivity contribution in [3.63, 3.8) is 0 Å². The fourth-order valence-electron chi connectivity index (χ4n) is 4.78. The van der Waals surface area contributed by atoms with Crippen LogP contribution in [0.3, 0.4) is 0 Å². The van der Waals surface area contributed by atoms with Crippen LogP contribution in [0, 0.1) is 6.92 Å². The molecule has 0 bridgehead atoms. The minimum absolute atomic E-state index is 0.0725. The van der Waals surface area contributed by atoms with E-state index in [0.717, 1.165) is 20.8 Å². The highest BCUT2D eigenvalue weighted by Crippen LogP contribution is 2.34. The monoisotopic (exact) mass is 527 g/mol. The maximum absolute atomic E-state index is 13.6. The number of carbonyl (C=O) groups is 3. The Kier molecular flexibility index (Phi) is 6.53. The van der Waals surface area contributed by atoms with Crippen LogP contribution in [0.1, 0.15) is 43.1 Å². The van der Waals surface area contributed by atoms with E-state index in [1.54, 1.807) is 54.8 Å². The second-order valence-electron chi connectivity index (χ2n) is 10.4. The molecule has 2 heterocycles. The van der Waals surface area contributed by atoms with E-state index in [1.165, 1.54) is 15.4 Å².